The van der Waals surface area contributed by atoms with Crippen LogP contribution in [0.3, 0.4) is 0 Å². The van der Waals surface area contributed by atoms with E-state index in [0.29, 0.717) is 4.88 Å². The largest absolute Gasteiger partial charge is 0.418 e. The molecular weight excluding hydrogens is 257 g/mol. The number of halogens is 4. The Kier molecular flexibility index (Phi) is 2.80. The summed E-state index contributed by atoms with van der Waals surface area (Å²) in [7, 11) is 0. The first-order valence-electron chi connectivity index (χ1n) is 2.90. The molecule has 1 nitrogen and oxygen atoms in total. The zero-order valence-electron chi connectivity index (χ0n) is 5.65. The Morgan fingerprint density at radius 2 is 2.08 bits per heavy atom. The van der Waals surface area contributed by atoms with Crippen molar-refractivity contribution >= 4 is 27.3 Å². The quantitative estimate of drug-likeness (QED) is 0.823. The lowest BCUT2D eigenvalue weighted by molar-refractivity contribution is -0.137. The highest BCUT2D eigenvalue weighted by Gasteiger charge is 2.34. The predicted octanol–water partition coefficient (Wildman–Crippen LogP) is 3.02. The Balaban J connectivity index is 3.11. The molecule has 0 unspecified atom stereocenters. The van der Waals surface area contributed by atoms with Gasteiger partial charge in [-0.1, -0.05) is 0 Å². The second-order valence-corrected chi connectivity index (χ2v) is 3.80. The van der Waals surface area contributed by atoms with Crippen LogP contribution in [0, 0.1) is 0 Å². The fraction of sp³-hybridized carbons (Fsp3) is 0.333. The van der Waals surface area contributed by atoms with Crippen LogP contribution in [0.2, 0.25) is 0 Å². The highest BCUT2D eigenvalue weighted by atomic mass is 79.9. The van der Waals surface area contributed by atoms with Crippen LogP contribution in [0.4, 0.5) is 13.2 Å². The van der Waals surface area contributed by atoms with Gasteiger partial charge in [-0.05, 0) is 15.9 Å². The maximum atomic E-state index is 12.1. The van der Waals surface area contributed by atoms with Gasteiger partial charge < -0.3 is 5.11 Å². The summed E-state index contributed by atoms with van der Waals surface area (Å²) < 4.78 is 36.2. The molecule has 12 heavy (non-hydrogen) atoms. The first-order chi connectivity index (χ1) is 5.46. The van der Waals surface area contributed by atoms with Gasteiger partial charge in [0.2, 0.25) is 0 Å². The molecule has 0 aliphatic heterocycles. The first-order valence-corrected chi connectivity index (χ1v) is 4.58. The van der Waals surface area contributed by atoms with Crippen LogP contribution in [0.1, 0.15) is 10.4 Å². The zero-order valence-corrected chi connectivity index (χ0v) is 8.05. The third-order valence-electron chi connectivity index (χ3n) is 1.25. The maximum Gasteiger partial charge on any atom is 0.418 e. The second-order valence-electron chi connectivity index (χ2n) is 2.04. The van der Waals surface area contributed by atoms with Crippen molar-refractivity contribution in [3.63, 3.8) is 0 Å². The summed E-state index contributed by atoms with van der Waals surface area (Å²) in [5, 5.41) is 9.59. The molecule has 1 N–H and O–H groups in total. The van der Waals surface area contributed by atoms with E-state index in [1.165, 1.54) is 0 Å². The van der Waals surface area contributed by atoms with Crippen LogP contribution in [-0.4, -0.2) is 5.11 Å². The third kappa shape index (κ3) is 1.81. The molecule has 68 valence electrons. The molecule has 0 bridgehead atoms. The molecule has 0 saturated heterocycles. The normalized spacial score (nSPS) is 12.1. The lowest BCUT2D eigenvalue weighted by atomic mass is 10.3. The molecule has 0 spiro atoms. The van der Waals surface area contributed by atoms with Crippen LogP contribution in [-0.2, 0) is 12.8 Å². The number of aliphatic hydroxyl groups excluding tert-OH is 1. The monoisotopic (exact) mass is 260 g/mol. The van der Waals surface area contributed by atoms with Crippen molar-refractivity contribution < 1.29 is 18.3 Å². The number of thiophene rings is 1. The van der Waals surface area contributed by atoms with E-state index in [2.05, 4.69) is 15.9 Å². The van der Waals surface area contributed by atoms with Crippen LogP contribution in [0.25, 0.3) is 0 Å². The molecule has 1 heterocycles. The van der Waals surface area contributed by atoms with Gasteiger partial charge in [0, 0.05) is 14.7 Å². The Morgan fingerprint density at radius 3 is 2.33 bits per heavy atom. The third-order valence-corrected chi connectivity index (χ3v) is 3.39. The minimum absolute atomic E-state index is 0.0532. The van der Waals surface area contributed by atoms with Gasteiger partial charge in [-0.2, -0.15) is 13.2 Å². The van der Waals surface area contributed by atoms with Crippen molar-refractivity contribution in [2.45, 2.75) is 12.8 Å². The molecule has 6 heteroatoms. The molecular formula is C6H4BrF3OS. The molecule has 0 aliphatic carbocycles. The maximum absolute atomic E-state index is 12.1. The smallest absolute Gasteiger partial charge is 0.391 e. The summed E-state index contributed by atoms with van der Waals surface area (Å²) in [5.41, 5.74) is -0.725. The Hall–Kier alpha value is -0.0700. The summed E-state index contributed by atoms with van der Waals surface area (Å²) in [4.78, 5) is 0.294. The van der Waals surface area contributed by atoms with Crippen molar-refractivity contribution in [3.05, 3.63) is 20.3 Å². The van der Waals surface area contributed by atoms with E-state index in [1.807, 2.05) is 0 Å². The summed E-state index contributed by atoms with van der Waals surface area (Å²) in [5.74, 6) is 0. The van der Waals surface area contributed by atoms with E-state index in [4.69, 9.17) is 5.11 Å². The number of hydrogen-bond acceptors (Lipinski definition) is 2. The predicted molar refractivity (Wildman–Crippen MR) is 42.9 cm³/mol. The van der Waals surface area contributed by atoms with Gasteiger partial charge in [0.1, 0.15) is 0 Å². The van der Waals surface area contributed by atoms with Crippen LogP contribution in [0.5, 0.6) is 0 Å². The highest BCUT2D eigenvalue weighted by Crippen LogP contribution is 2.39. The standard InChI is InChI=1S/C6H4BrF3OS/c7-5-3(6(8,9)10)2-12-4(5)1-11/h2,11H,1H2. The van der Waals surface area contributed by atoms with Gasteiger partial charge in [0.05, 0.1) is 12.2 Å². The van der Waals surface area contributed by atoms with Gasteiger partial charge in [0.25, 0.3) is 0 Å². The summed E-state index contributed by atoms with van der Waals surface area (Å²) >= 11 is 3.66. The van der Waals surface area contributed by atoms with Crippen molar-refractivity contribution in [1.29, 1.82) is 0 Å². The van der Waals surface area contributed by atoms with Crippen LogP contribution >= 0.6 is 27.3 Å². The van der Waals surface area contributed by atoms with Crippen molar-refractivity contribution in [1.82, 2.24) is 0 Å². The molecule has 0 radical (unpaired) electrons. The zero-order chi connectivity index (χ0) is 9.35. The van der Waals surface area contributed by atoms with E-state index < -0.39 is 11.7 Å². The van der Waals surface area contributed by atoms with Crippen LogP contribution < -0.4 is 0 Å². The fourth-order valence-electron chi connectivity index (χ4n) is 0.682. The Bertz CT molecular complexity index is 281. The number of rotatable bonds is 1. The van der Waals surface area contributed by atoms with Gasteiger partial charge in [-0.25, -0.2) is 0 Å². The average Bonchev–Trinajstić information content (AvgIpc) is 2.29. The number of hydrogen-bond donors (Lipinski definition) is 1. The van der Waals surface area contributed by atoms with Crippen molar-refractivity contribution in [2.75, 3.05) is 0 Å². The van der Waals surface area contributed by atoms with Crippen molar-refractivity contribution in [3.8, 4) is 0 Å². The van der Waals surface area contributed by atoms with Gasteiger partial charge in [-0.3, -0.25) is 0 Å². The molecule has 0 fully saturated rings. The van der Waals surface area contributed by atoms with Gasteiger partial charge >= 0.3 is 6.18 Å². The molecule has 0 atom stereocenters. The molecule has 0 aromatic carbocycles. The first kappa shape index (κ1) is 10.0. The van der Waals surface area contributed by atoms with Gasteiger partial charge in [0.15, 0.2) is 0 Å². The minimum atomic E-state index is -4.34. The topological polar surface area (TPSA) is 20.2 Å². The SMILES string of the molecule is OCc1scc(C(F)(F)F)c1Br. The molecule has 0 amide bonds. The number of alkyl halides is 3. The van der Waals surface area contributed by atoms with Gasteiger partial charge in [-0.15, -0.1) is 11.3 Å². The fourth-order valence-corrected chi connectivity index (χ4v) is 2.38. The van der Waals surface area contributed by atoms with E-state index in [-0.39, 0.29) is 11.1 Å². The molecule has 0 aliphatic rings. The van der Waals surface area contributed by atoms with Crippen molar-refractivity contribution in [2.24, 2.45) is 0 Å². The van der Waals surface area contributed by atoms with E-state index >= 15 is 0 Å². The lowest BCUT2D eigenvalue weighted by Crippen LogP contribution is -2.03. The molecule has 1 aromatic rings. The molecule has 0 saturated carbocycles. The minimum Gasteiger partial charge on any atom is -0.391 e. The summed E-state index contributed by atoms with van der Waals surface area (Å²) in [6, 6.07) is 0. The summed E-state index contributed by atoms with van der Waals surface area (Å²) in [6.45, 7) is -0.374. The number of aliphatic hydroxyl groups is 1. The van der Waals surface area contributed by atoms with E-state index in [0.717, 1.165) is 16.7 Å². The Morgan fingerprint density at radius 1 is 1.50 bits per heavy atom. The van der Waals surface area contributed by atoms with E-state index in [9.17, 15) is 13.2 Å². The molecule has 1 rings (SSSR count). The lowest BCUT2D eigenvalue weighted by Gasteiger charge is -2.03. The van der Waals surface area contributed by atoms with E-state index in [1.54, 1.807) is 0 Å². The van der Waals surface area contributed by atoms with Crippen LogP contribution in [0.15, 0.2) is 9.85 Å². The summed E-state index contributed by atoms with van der Waals surface area (Å²) in [6.07, 6.45) is -4.34. The second kappa shape index (κ2) is 3.35. The molecule has 1 aromatic heterocycles. The average molecular weight is 261 g/mol. The highest BCUT2D eigenvalue weighted by molar-refractivity contribution is 9.10. The Labute approximate surface area is 79.0 Å².